The van der Waals surface area contributed by atoms with E-state index >= 15 is 0 Å². The number of Topliss-reactive ketones (excluding diaryl/α,β-unsaturated/α-hetero) is 1. The van der Waals surface area contributed by atoms with Crippen molar-refractivity contribution >= 4 is 11.7 Å². The van der Waals surface area contributed by atoms with Gasteiger partial charge in [-0.25, -0.2) is 4.39 Å². The van der Waals surface area contributed by atoms with Crippen LogP contribution >= 0.6 is 0 Å². The SMILES string of the molecule is CCC(=O)N1CCC(CCC(=O)c2ccc3c(c2)CN(Cc2ccc(F)cc2)CCC3)CC1. The summed E-state index contributed by atoms with van der Waals surface area (Å²) in [7, 11) is 0. The van der Waals surface area contributed by atoms with Crippen LogP contribution in [-0.4, -0.2) is 41.1 Å². The first kappa shape index (κ1) is 23.6. The number of likely N-dealkylation sites (tertiary alicyclic amines) is 1. The molecule has 0 spiro atoms. The molecule has 2 aromatic rings. The van der Waals surface area contributed by atoms with Crippen molar-refractivity contribution in [1.29, 1.82) is 0 Å². The minimum absolute atomic E-state index is 0.205. The number of halogens is 1. The van der Waals surface area contributed by atoms with E-state index in [0.29, 0.717) is 18.8 Å². The van der Waals surface area contributed by atoms with Gasteiger partial charge < -0.3 is 4.90 Å². The van der Waals surface area contributed by atoms with E-state index in [2.05, 4.69) is 17.0 Å². The zero-order valence-electron chi connectivity index (χ0n) is 19.7. The summed E-state index contributed by atoms with van der Waals surface area (Å²) in [6.45, 7) is 6.17. The predicted octanol–water partition coefficient (Wildman–Crippen LogP) is 5.39. The number of ketones is 1. The summed E-state index contributed by atoms with van der Waals surface area (Å²) in [6.07, 6.45) is 6.16. The Morgan fingerprint density at radius 2 is 1.76 bits per heavy atom. The Kier molecular flexibility index (Phi) is 7.92. The lowest BCUT2D eigenvalue weighted by Crippen LogP contribution is -2.38. The highest BCUT2D eigenvalue weighted by molar-refractivity contribution is 5.96. The Balaban J connectivity index is 1.33. The van der Waals surface area contributed by atoms with Crippen molar-refractivity contribution in [2.75, 3.05) is 19.6 Å². The van der Waals surface area contributed by atoms with Gasteiger partial charge in [0.2, 0.25) is 5.91 Å². The maximum absolute atomic E-state index is 13.2. The Morgan fingerprint density at radius 1 is 1.00 bits per heavy atom. The highest BCUT2D eigenvalue weighted by atomic mass is 19.1. The number of benzene rings is 2. The number of aryl methyl sites for hydroxylation is 1. The van der Waals surface area contributed by atoms with Crippen LogP contribution < -0.4 is 0 Å². The van der Waals surface area contributed by atoms with Crippen molar-refractivity contribution < 1.29 is 14.0 Å². The molecule has 1 fully saturated rings. The number of hydrogen-bond donors (Lipinski definition) is 0. The molecule has 0 aromatic heterocycles. The van der Waals surface area contributed by atoms with Crippen LogP contribution in [0.2, 0.25) is 0 Å². The van der Waals surface area contributed by atoms with Crippen LogP contribution in [0.1, 0.15) is 72.5 Å². The molecule has 1 saturated heterocycles. The van der Waals surface area contributed by atoms with E-state index in [9.17, 15) is 14.0 Å². The number of hydrogen-bond acceptors (Lipinski definition) is 3. The third kappa shape index (κ3) is 6.29. The average Bonchev–Trinajstić information content (AvgIpc) is 3.04. The summed E-state index contributed by atoms with van der Waals surface area (Å²) >= 11 is 0. The van der Waals surface area contributed by atoms with Crippen molar-refractivity contribution in [2.45, 2.75) is 65.0 Å². The third-order valence-corrected chi connectivity index (χ3v) is 7.21. The fourth-order valence-corrected chi connectivity index (χ4v) is 5.16. The van der Waals surface area contributed by atoms with E-state index in [1.807, 2.05) is 30.0 Å². The summed E-state index contributed by atoms with van der Waals surface area (Å²) in [6, 6.07) is 13.0. The van der Waals surface area contributed by atoms with Gasteiger partial charge in [-0.2, -0.15) is 0 Å². The fourth-order valence-electron chi connectivity index (χ4n) is 5.16. The Morgan fingerprint density at radius 3 is 2.48 bits per heavy atom. The van der Waals surface area contributed by atoms with Crippen molar-refractivity contribution in [3.05, 3.63) is 70.5 Å². The van der Waals surface area contributed by atoms with E-state index in [4.69, 9.17) is 0 Å². The van der Waals surface area contributed by atoms with Gasteiger partial charge in [0.15, 0.2) is 5.78 Å². The molecule has 176 valence electrons. The summed E-state index contributed by atoms with van der Waals surface area (Å²) in [5.41, 5.74) is 4.50. The minimum atomic E-state index is -0.205. The molecule has 4 rings (SSSR count). The van der Waals surface area contributed by atoms with Crippen molar-refractivity contribution in [3.63, 3.8) is 0 Å². The van der Waals surface area contributed by atoms with Crippen molar-refractivity contribution in [2.24, 2.45) is 5.92 Å². The summed E-state index contributed by atoms with van der Waals surface area (Å²) in [5, 5.41) is 0. The second kappa shape index (κ2) is 11.1. The van der Waals surface area contributed by atoms with Gasteiger partial charge in [0.25, 0.3) is 0 Å². The maximum Gasteiger partial charge on any atom is 0.222 e. The van der Waals surface area contributed by atoms with Crippen LogP contribution in [0.5, 0.6) is 0 Å². The standard InChI is InChI=1S/C28H35FN2O2/c1-2-28(33)31-16-13-21(14-17-31)7-12-27(32)24-9-8-23-4-3-15-30(20-25(23)18-24)19-22-5-10-26(29)11-6-22/h5-6,8-11,18,21H,2-4,7,12-17,19-20H2,1H3. The monoisotopic (exact) mass is 450 g/mol. The lowest BCUT2D eigenvalue weighted by atomic mass is 9.89. The molecule has 0 atom stereocenters. The highest BCUT2D eigenvalue weighted by Gasteiger charge is 2.23. The molecule has 2 aromatic carbocycles. The van der Waals surface area contributed by atoms with Gasteiger partial charge in [-0.3, -0.25) is 14.5 Å². The Labute approximate surface area is 196 Å². The molecule has 2 heterocycles. The van der Waals surface area contributed by atoms with Gasteiger partial charge in [0.05, 0.1) is 0 Å². The molecule has 0 unspecified atom stereocenters. The van der Waals surface area contributed by atoms with Crippen LogP contribution in [0, 0.1) is 11.7 Å². The largest absolute Gasteiger partial charge is 0.343 e. The van der Waals surface area contributed by atoms with Gasteiger partial charge in [-0.15, -0.1) is 0 Å². The molecule has 4 nitrogen and oxygen atoms in total. The van der Waals surface area contributed by atoms with Crippen LogP contribution in [0.3, 0.4) is 0 Å². The molecule has 5 heteroatoms. The molecule has 1 amide bonds. The number of piperidine rings is 1. The van der Waals surface area contributed by atoms with Gasteiger partial charge in [0, 0.05) is 44.6 Å². The van der Waals surface area contributed by atoms with Crippen LogP contribution in [0.25, 0.3) is 0 Å². The topological polar surface area (TPSA) is 40.6 Å². The Hall–Kier alpha value is -2.53. The maximum atomic E-state index is 13.2. The minimum Gasteiger partial charge on any atom is -0.343 e. The van der Waals surface area contributed by atoms with Gasteiger partial charge >= 0.3 is 0 Å². The molecule has 0 saturated carbocycles. The van der Waals surface area contributed by atoms with E-state index < -0.39 is 0 Å². The second-order valence-electron chi connectivity index (χ2n) is 9.56. The molecular weight excluding hydrogens is 415 g/mol. The highest BCUT2D eigenvalue weighted by Crippen LogP contribution is 2.25. The third-order valence-electron chi connectivity index (χ3n) is 7.21. The quantitative estimate of drug-likeness (QED) is 0.532. The first-order chi connectivity index (χ1) is 16.0. The molecule has 0 bridgehead atoms. The average molecular weight is 451 g/mol. The number of carbonyl (C=O) groups excluding carboxylic acids is 2. The number of nitrogens with zero attached hydrogens (tertiary/aromatic N) is 2. The Bertz CT molecular complexity index is 964. The van der Waals surface area contributed by atoms with Crippen LogP contribution in [0.15, 0.2) is 42.5 Å². The number of fused-ring (bicyclic) bond motifs is 1. The van der Waals surface area contributed by atoms with Crippen molar-refractivity contribution in [1.82, 2.24) is 9.80 Å². The van der Waals surface area contributed by atoms with E-state index in [1.165, 1.54) is 23.3 Å². The molecule has 2 aliphatic heterocycles. The summed E-state index contributed by atoms with van der Waals surface area (Å²) < 4.78 is 13.2. The zero-order valence-corrected chi connectivity index (χ0v) is 19.7. The molecule has 0 aliphatic carbocycles. The first-order valence-corrected chi connectivity index (χ1v) is 12.4. The number of amides is 1. The molecule has 0 radical (unpaired) electrons. The molecule has 33 heavy (non-hydrogen) atoms. The normalized spacial score (nSPS) is 17.5. The van der Waals surface area contributed by atoms with Crippen LogP contribution in [-0.2, 0) is 24.3 Å². The fraction of sp³-hybridized carbons (Fsp3) is 0.500. The smallest absolute Gasteiger partial charge is 0.222 e. The molecule has 2 aliphatic rings. The van der Waals surface area contributed by atoms with E-state index in [1.54, 1.807) is 0 Å². The first-order valence-electron chi connectivity index (χ1n) is 12.4. The summed E-state index contributed by atoms with van der Waals surface area (Å²) in [4.78, 5) is 29.2. The lowest BCUT2D eigenvalue weighted by molar-refractivity contribution is -0.132. The van der Waals surface area contributed by atoms with E-state index in [-0.39, 0.29) is 17.5 Å². The number of rotatable bonds is 7. The van der Waals surface area contributed by atoms with E-state index in [0.717, 1.165) is 76.0 Å². The predicted molar refractivity (Wildman–Crippen MR) is 128 cm³/mol. The van der Waals surface area contributed by atoms with Gasteiger partial charge in [0.1, 0.15) is 5.82 Å². The van der Waals surface area contributed by atoms with Crippen LogP contribution in [0.4, 0.5) is 4.39 Å². The molecular formula is C28H35FN2O2. The lowest BCUT2D eigenvalue weighted by Gasteiger charge is -2.31. The molecule has 0 N–H and O–H groups in total. The van der Waals surface area contributed by atoms with Gasteiger partial charge in [-0.05, 0) is 79.5 Å². The summed E-state index contributed by atoms with van der Waals surface area (Å²) in [5.74, 6) is 0.784. The zero-order chi connectivity index (χ0) is 23.2. The second-order valence-corrected chi connectivity index (χ2v) is 9.56. The van der Waals surface area contributed by atoms with Gasteiger partial charge in [-0.1, -0.05) is 31.2 Å². The van der Waals surface area contributed by atoms with Crippen molar-refractivity contribution in [3.8, 4) is 0 Å². The number of carbonyl (C=O) groups is 2.